The molecular weight excluding hydrogens is 300 g/mol. The van der Waals surface area contributed by atoms with E-state index in [0.717, 1.165) is 30.0 Å². The number of hydrogen-bond acceptors (Lipinski definition) is 1. The van der Waals surface area contributed by atoms with Gasteiger partial charge in [-0.15, -0.1) is 0 Å². The molecule has 0 amide bonds. The van der Waals surface area contributed by atoms with Gasteiger partial charge in [-0.25, -0.2) is 0 Å². The van der Waals surface area contributed by atoms with Crippen LogP contribution in [0.25, 0.3) is 0 Å². The Kier molecular flexibility index (Phi) is 5.10. The summed E-state index contributed by atoms with van der Waals surface area (Å²) in [6.07, 6.45) is 5.25. The van der Waals surface area contributed by atoms with Crippen molar-refractivity contribution < 1.29 is 0 Å². The predicted molar refractivity (Wildman–Crippen MR) is 84.7 cm³/mol. The zero-order valence-corrected chi connectivity index (χ0v) is 14.3. The highest BCUT2D eigenvalue weighted by Gasteiger charge is 2.31. The Morgan fingerprint density at radius 1 is 1.42 bits per heavy atom. The number of rotatable bonds is 4. The average molecular weight is 327 g/mol. The van der Waals surface area contributed by atoms with Crippen LogP contribution in [0.2, 0.25) is 0 Å². The Bertz CT molecular complexity index is 411. The first-order valence-corrected chi connectivity index (χ1v) is 8.60. The quantitative estimate of drug-likeness (QED) is 0.740. The lowest BCUT2D eigenvalue weighted by molar-refractivity contribution is 0.220. The van der Waals surface area contributed by atoms with Gasteiger partial charge in [0.2, 0.25) is 0 Å². The van der Waals surface area contributed by atoms with Gasteiger partial charge in [-0.3, -0.25) is 4.68 Å². The lowest BCUT2D eigenvalue weighted by atomic mass is 9.74. The molecule has 1 aromatic rings. The molecule has 2 rings (SSSR count). The van der Waals surface area contributed by atoms with Crippen LogP contribution in [-0.2, 0) is 13.0 Å². The topological polar surface area (TPSA) is 17.8 Å². The summed E-state index contributed by atoms with van der Waals surface area (Å²) in [6, 6.07) is 2.27. The van der Waals surface area contributed by atoms with Crippen LogP contribution in [0, 0.1) is 24.7 Å². The maximum absolute atomic E-state index is 4.58. The molecule has 1 aromatic heterocycles. The van der Waals surface area contributed by atoms with Gasteiger partial charge < -0.3 is 0 Å². The monoisotopic (exact) mass is 326 g/mol. The van der Waals surface area contributed by atoms with Gasteiger partial charge in [0, 0.05) is 17.1 Å². The average Bonchev–Trinajstić information content (AvgIpc) is 2.72. The number of halogens is 1. The van der Waals surface area contributed by atoms with E-state index in [0.29, 0.717) is 4.83 Å². The highest BCUT2D eigenvalue weighted by Crippen LogP contribution is 2.38. The summed E-state index contributed by atoms with van der Waals surface area (Å²) in [7, 11) is 0. The lowest BCUT2D eigenvalue weighted by Crippen LogP contribution is -2.29. The molecule has 1 aliphatic carbocycles. The Hall–Kier alpha value is -0.310. The summed E-state index contributed by atoms with van der Waals surface area (Å²) in [4.78, 5) is 0.683. The molecular formula is C16H27BrN2. The molecule has 3 heteroatoms. The first kappa shape index (κ1) is 15.1. The molecule has 1 aliphatic rings. The van der Waals surface area contributed by atoms with Gasteiger partial charge in [0.1, 0.15) is 0 Å². The molecule has 3 atom stereocenters. The Morgan fingerprint density at radius 3 is 2.79 bits per heavy atom. The van der Waals surface area contributed by atoms with Gasteiger partial charge in [0.05, 0.1) is 5.69 Å². The third kappa shape index (κ3) is 3.62. The first-order valence-electron chi connectivity index (χ1n) is 7.68. The Labute approximate surface area is 126 Å². The highest BCUT2D eigenvalue weighted by atomic mass is 79.9. The molecule has 19 heavy (non-hydrogen) atoms. The largest absolute Gasteiger partial charge is 0.270 e. The number of aromatic nitrogens is 2. The fourth-order valence-electron chi connectivity index (χ4n) is 3.39. The number of alkyl halides is 1. The molecule has 0 bridgehead atoms. The zero-order chi connectivity index (χ0) is 14.0. The van der Waals surface area contributed by atoms with Crippen molar-refractivity contribution in [3.8, 4) is 0 Å². The van der Waals surface area contributed by atoms with E-state index in [2.05, 4.69) is 59.5 Å². The molecule has 0 saturated heterocycles. The Morgan fingerprint density at radius 2 is 2.16 bits per heavy atom. The van der Waals surface area contributed by atoms with E-state index in [4.69, 9.17) is 0 Å². The van der Waals surface area contributed by atoms with Crippen molar-refractivity contribution in [1.29, 1.82) is 0 Å². The van der Waals surface area contributed by atoms with Crippen LogP contribution in [0.5, 0.6) is 0 Å². The van der Waals surface area contributed by atoms with Gasteiger partial charge in [-0.1, -0.05) is 29.8 Å². The molecule has 0 aliphatic heterocycles. The molecule has 0 N–H and O–H groups in total. The van der Waals surface area contributed by atoms with E-state index in [9.17, 15) is 0 Å². The summed E-state index contributed by atoms with van der Waals surface area (Å²) in [6.45, 7) is 10.0. The van der Waals surface area contributed by atoms with Crippen LogP contribution in [0.3, 0.4) is 0 Å². The van der Waals surface area contributed by atoms with E-state index in [-0.39, 0.29) is 0 Å². The summed E-state index contributed by atoms with van der Waals surface area (Å²) < 4.78 is 2.17. The SMILES string of the molecule is CCn1nc(C)cc1CC1CC(C(C)C)CCC1Br. The third-order valence-corrected chi connectivity index (χ3v) is 5.83. The smallest absolute Gasteiger partial charge is 0.0596 e. The minimum Gasteiger partial charge on any atom is -0.270 e. The summed E-state index contributed by atoms with van der Waals surface area (Å²) in [5.74, 6) is 2.49. The van der Waals surface area contributed by atoms with Gasteiger partial charge in [0.15, 0.2) is 0 Å². The molecule has 0 spiro atoms. The van der Waals surface area contributed by atoms with Gasteiger partial charge in [-0.2, -0.15) is 5.10 Å². The van der Waals surface area contributed by atoms with Crippen molar-refractivity contribution in [1.82, 2.24) is 9.78 Å². The van der Waals surface area contributed by atoms with Crippen molar-refractivity contribution in [2.75, 3.05) is 0 Å². The van der Waals surface area contributed by atoms with Crippen LogP contribution in [-0.4, -0.2) is 14.6 Å². The van der Waals surface area contributed by atoms with Crippen LogP contribution in [0.1, 0.15) is 51.4 Å². The van der Waals surface area contributed by atoms with Crippen molar-refractivity contribution in [2.24, 2.45) is 17.8 Å². The summed E-state index contributed by atoms with van der Waals surface area (Å²) in [5.41, 5.74) is 2.57. The fraction of sp³-hybridized carbons (Fsp3) is 0.812. The minimum atomic E-state index is 0.683. The predicted octanol–water partition coefficient (Wildman–Crippen LogP) is 4.59. The van der Waals surface area contributed by atoms with Crippen LogP contribution in [0.15, 0.2) is 6.07 Å². The molecule has 2 nitrogen and oxygen atoms in total. The van der Waals surface area contributed by atoms with Gasteiger partial charge in [-0.05, 0) is 63.4 Å². The van der Waals surface area contributed by atoms with Crippen molar-refractivity contribution in [3.05, 3.63) is 17.5 Å². The van der Waals surface area contributed by atoms with Gasteiger partial charge >= 0.3 is 0 Å². The first-order chi connectivity index (χ1) is 9.01. The number of nitrogens with zero attached hydrogens (tertiary/aromatic N) is 2. The molecule has 0 aromatic carbocycles. The molecule has 0 radical (unpaired) electrons. The molecule has 1 fully saturated rings. The maximum atomic E-state index is 4.58. The lowest BCUT2D eigenvalue weighted by Gasteiger charge is -2.35. The van der Waals surface area contributed by atoms with E-state index >= 15 is 0 Å². The summed E-state index contributed by atoms with van der Waals surface area (Å²) in [5, 5.41) is 4.58. The van der Waals surface area contributed by atoms with Crippen LogP contribution >= 0.6 is 15.9 Å². The second-order valence-corrected chi connectivity index (χ2v) is 7.57. The highest BCUT2D eigenvalue weighted by molar-refractivity contribution is 9.09. The van der Waals surface area contributed by atoms with Gasteiger partial charge in [0.25, 0.3) is 0 Å². The number of hydrogen-bond donors (Lipinski definition) is 0. The third-order valence-electron chi connectivity index (χ3n) is 4.63. The normalized spacial score (nSPS) is 28.0. The van der Waals surface area contributed by atoms with Crippen molar-refractivity contribution >= 4 is 15.9 Å². The van der Waals surface area contributed by atoms with Crippen LogP contribution < -0.4 is 0 Å². The van der Waals surface area contributed by atoms with E-state index in [1.54, 1.807) is 0 Å². The standard InChI is InChI=1S/C16H27BrN2/c1-5-19-15(8-12(4)18-19)10-14-9-13(11(2)3)6-7-16(14)17/h8,11,13-14,16H,5-7,9-10H2,1-4H3. The molecule has 1 saturated carbocycles. The molecule has 108 valence electrons. The van der Waals surface area contributed by atoms with Crippen LogP contribution in [0.4, 0.5) is 0 Å². The second kappa shape index (κ2) is 6.43. The van der Waals surface area contributed by atoms with Crippen molar-refractivity contribution in [2.45, 2.75) is 64.8 Å². The van der Waals surface area contributed by atoms with Crippen molar-refractivity contribution in [3.63, 3.8) is 0 Å². The zero-order valence-electron chi connectivity index (χ0n) is 12.7. The summed E-state index contributed by atoms with van der Waals surface area (Å²) >= 11 is 3.91. The molecule has 3 unspecified atom stereocenters. The maximum Gasteiger partial charge on any atom is 0.0596 e. The second-order valence-electron chi connectivity index (χ2n) is 6.39. The van der Waals surface area contributed by atoms with E-state index < -0.39 is 0 Å². The minimum absolute atomic E-state index is 0.683. The Balaban J connectivity index is 2.07. The molecule has 1 heterocycles. The van der Waals surface area contributed by atoms with E-state index in [1.165, 1.54) is 31.4 Å². The number of aryl methyl sites for hydroxylation is 2. The fourth-order valence-corrected chi connectivity index (χ4v) is 4.05. The van der Waals surface area contributed by atoms with E-state index in [1.807, 2.05) is 0 Å².